The van der Waals surface area contributed by atoms with Crippen LogP contribution in [0.25, 0.3) is 221 Å². The molecule has 0 aliphatic carbocycles. The topological polar surface area (TPSA) is 68.2 Å². The van der Waals surface area contributed by atoms with Crippen LogP contribution in [0.2, 0.25) is 0 Å². The maximum absolute atomic E-state index is 4.88. The summed E-state index contributed by atoms with van der Waals surface area (Å²) in [5.41, 5.74) is 35.0. The van der Waals surface area contributed by atoms with Crippen LogP contribution in [0, 0.1) is 0 Å². The van der Waals surface area contributed by atoms with Crippen molar-refractivity contribution in [1.82, 2.24) is 42.4 Å². The lowest BCUT2D eigenvalue weighted by Gasteiger charge is -2.11. The minimum Gasteiger partial charge on any atom is -0.309 e. The van der Waals surface area contributed by atoms with E-state index in [1.54, 1.807) is 0 Å². The summed E-state index contributed by atoms with van der Waals surface area (Å²) in [6, 6.07) is 159. The molecule has 0 aliphatic heterocycles. The van der Waals surface area contributed by atoms with E-state index in [2.05, 4.69) is 463 Å². The fraction of sp³-hybridized carbons (Fsp3) is 0. The summed E-state index contributed by atoms with van der Waals surface area (Å²) in [6.07, 6.45) is 7.65. The van der Waals surface area contributed by atoms with Crippen molar-refractivity contribution in [3.63, 3.8) is 0 Å². The summed E-state index contributed by atoms with van der Waals surface area (Å²) >= 11 is 0. The Morgan fingerprint density at radius 1 is 0.135 bits per heavy atom. The molecule has 0 saturated heterocycles. The lowest BCUT2D eigenvalue weighted by Crippen LogP contribution is -1.94. The number of para-hydroxylation sites is 7. The first-order chi connectivity index (χ1) is 62.5. The van der Waals surface area contributed by atoms with E-state index in [4.69, 9.17) is 9.97 Å². The van der Waals surface area contributed by atoms with Crippen LogP contribution in [0.1, 0.15) is 0 Å². The molecule has 9 heteroatoms. The molecule has 126 heavy (non-hydrogen) atoms. The SMILES string of the molecule is c1ccc(-c2ccc(-n3c4ccncc4c4cc(-c5ccc6c7ccccc7n(-c7ccccc7)c6c5)ccc43)cc2)cc1.c1ccc(-c2cccc(-n3c4ccc(-c5ccc6c7ccccc7n(-c7ccccc7)c6c5)cc4c4ncccc43)c2)cc1.c1ccc(-n2c3ccccc3c3ccc(-c4ccc5c(c4)c4ncccc4n5-c4ccccc4)cc32)cc1. The van der Waals surface area contributed by atoms with Gasteiger partial charge in [-0.25, -0.2) is 0 Å². The molecule has 9 heterocycles. The molecule has 0 spiro atoms. The number of pyridine rings is 3. The third-order valence-corrected chi connectivity index (χ3v) is 25.1. The molecule has 0 fully saturated rings. The molecule has 0 atom stereocenters. The standard InChI is InChI=1S/2C41H27N3.C35H23N3/c1-3-11-28(12-4-1)29-13-9-16-33(25-29)44-38-23-21-30(26-36(38)41-39(44)19-10-24-42-41)31-20-22-35-34-17-7-8-18-37(34)43(40(35)27-31)32-14-5-2-6-15-32;1-3-9-28(10-4-1)29-15-19-33(20-16-29)43-39-22-18-30(25-36(39)37-27-42-24-23-40(37)43)31-17-21-35-34-13-7-8-14-38(34)44(41(35)26-31)32-11-5-2-6-12-32;1-3-10-26(11-4-1)37-32-20-18-24(22-30(32)35-33(37)16-9-21-36-35)25-17-19-29-28-14-7-8-15-31(28)38(34(29)23-25)27-12-5-2-6-13-27/h2*1-27H;1-23H. The molecular weight excluding hydrogens is 1530 g/mol. The van der Waals surface area contributed by atoms with Crippen molar-refractivity contribution in [1.29, 1.82) is 0 Å². The lowest BCUT2D eigenvalue weighted by atomic mass is 10.0. The third kappa shape index (κ3) is 12.4. The molecule has 0 unspecified atom stereocenters. The summed E-state index contributed by atoms with van der Waals surface area (Å²) in [7, 11) is 0. The van der Waals surface area contributed by atoms with Crippen molar-refractivity contribution in [2.75, 3.05) is 0 Å². The second-order valence-corrected chi connectivity index (χ2v) is 32.3. The number of hydrogen-bond donors (Lipinski definition) is 0. The van der Waals surface area contributed by atoms with Crippen LogP contribution in [0.4, 0.5) is 0 Å². The van der Waals surface area contributed by atoms with Crippen molar-refractivity contribution in [2.45, 2.75) is 0 Å². The number of benzene rings is 17. The van der Waals surface area contributed by atoms with E-state index in [-0.39, 0.29) is 0 Å². The van der Waals surface area contributed by atoms with E-state index in [0.29, 0.717) is 0 Å². The van der Waals surface area contributed by atoms with E-state index < -0.39 is 0 Å². The molecular formula is C117H77N9. The fourth-order valence-corrected chi connectivity index (χ4v) is 19.4. The molecule has 0 aliphatic rings. The van der Waals surface area contributed by atoms with E-state index in [1.807, 2.05) is 36.9 Å². The monoisotopic (exact) mass is 1610 g/mol. The normalized spacial score (nSPS) is 11.7. The Hall–Kier alpha value is -17.0. The zero-order valence-corrected chi connectivity index (χ0v) is 68.5. The maximum Gasteiger partial charge on any atom is 0.0963 e. The van der Waals surface area contributed by atoms with Crippen molar-refractivity contribution >= 4 is 131 Å². The summed E-state index contributed by atoms with van der Waals surface area (Å²) in [5, 5.41) is 12.2. The zero-order valence-electron chi connectivity index (χ0n) is 68.5. The first-order valence-corrected chi connectivity index (χ1v) is 42.8. The van der Waals surface area contributed by atoms with Gasteiger partial charge in [0.05, 0.1) is 77.2 Å². The fourth-order valence-electron chi connectivity index (χ4n) is 19.4. The molecule has 0 saturated carbocycles. The minimum atomic E-state index is 1.01. The van der Waals surface area contributed by atoms with Gasteiger partial charge in [-0.2, -0.15) is 0 Å². The zero-order chi connectivity index (χ0) is 83.1. The number of aromatic nitrogens is 9. The highest BCUT2D eigenvalue weighted by molar-refractivity contribution is 6.16. The van der Waals surface area contributed by atoms with E-state index in [9.17, 15) is 0 Å². The number of fused-ring (bicyclic) bond motifs is 18. The molecule has 0 bridgehead atoms. The molecule has 0 N–H and O–H groups in total. The van der Waals surface area contributed by atoms with Crippen LogP contribution in [0.3, 0.4) is 0 Å². The van der Waals surface area contributed by atoms with Gasteiger partial charge in [0.15, 0.2) is 0 Å². The minimum absolute atomic E-state index is 1.01. The highest BCUT2D eigenvalue weighted by Gasteiger charge is 2.23. The first-order valence-electron chi connectivity index (χ1n) is 42.8. The van der Waals surface area contributed by atoms with Gasteiger partial charge in [-0.3, -0.25) is 15.0 Å². The molecule has 0 radical (unpaired) electrons. The van der Waals surface area contributed by atoms with E-state index in [0.717, 1.165) is 77.5 Å². The molecule has 26 rings (SSSR count). The predicted octanol–water partition coefficient (Wildman–Crippen LogP) is 30.2. The Morgan fingerprint density at radius 3 is 0.841 bits per heavy atom. The summed E-state index contributed by atoms with van der Waals surface area (Å²) < 4.78 is 14.1. The van der Waals surface area contributed by atoms with Crippen LogP contribution in [-0.2, 0) is 0 Å². The average Bonchev–Trinajstić information content (AvgIpc) is 1.55. The van der Waals surface area contributed by atoms with Gasteiger partial charge in [-0.15, -0.1) is 0 Å². The summed E-state index contributed by atoms with van der Waals surface area (Å²) in [4.78, 5) is 14.2. The summed E-state index contributed by atoms with van der Waals surface area (Å²) in [6.45, 7) is 0. The smallest absolute Gasteiger partial charge is 0.0963 e. The van der Waals surface area contributed by atoms with E-state index >= 15 is 0 Å². The largest absolute Gasteiger partial charge is 0.309 e. The van der Waals surface area contributed by atoms with Gasteiger partial charge in [0.25, 0.3) is 0 Å². The molecule has 9 aromatic heterocycles. The second kappa shape index (κ2) is 30.6. The third-order valence-electron chi connectivity index (χ3n) is 25.1. The molecule has 26 aromatic rings. The van der Waals surface area contributed by atoms with Gasteiger partial charge in [-0.05, 0) is 232 Å². The number of nitrogens with zero attached hydrogens (tertiary/aromatic N) is 9. The average molecular weight is 1610 g/mol. The van der Waals surface area contributed by atoms with Crippen LogP contribution < -0.4 is 0 Å². The van der Waals surface area contributed by atoms with Crippen LogP contribution in [0.5, 0.6) is 0 Å². The quantitative estimate of drug-likeness (QED) is 0.130. The van der Waals surface area contributed by atoms with Gasteiger partial charge in [0, 0.05) is 113 Å². The Bertz CT molecular complexity index is 8680. The molecule has 17 aromatic carbocycles. The van der Waals surface area contributed by atoms with Gasteiger partial charge in [-0.1, -0.05) is 267 Å². The Morgan fingerprint density at radius 2 is 0.405 bits per heavy atom. The molecule has 0 amide bonds. The number of hydrogen-bond acceptors (Lipinski definition) is 3. The lowest BCUT2D eigenvalue weighted by molar-refractivity contribution is 1.17. The van der Waals surface area contributed by atoms with Crippen molar-refractivity contribution in [3.8, 4) is 89.8 Å². The Balaban J connectivity index is 0.000000106. The second-order valence-electron chi connectivity index (χ2n) is 32.3. The highest BCUT2D eigenvalue weighted by atomic mass is 15.0. The predicted molar refractivity (Wildman–Crippen MR) is 526 cm³/mol. The highest BCUT2D eigenvalue weighted by Crippen LogP contribution is 2.44. The van der Waals surface area contributed by atoms with Crippen molar-refractivity contribution in [3.05, 3.63) is 468 Å². The number of rotatable bonds is 11. The van der Waals surface area contributed by atoms with Gasteiger partial charge in [0.2, 0.25) is 0 Å². The maximum atomic E-state index is 4.88. The summed E-state index contributed by atoms with van der Waals surface area (Å²) in [5.74, 6) is 0. The van der Waals surface area contributed by atoms with E-state index in [1.165, 1.54) is 143 Å². The van der Waals surface area contributed by atoms with Gasteiger partial charge < -0.3 is 27.4 Å². The first kappa shape index (κ1) is 73.0. The molecule has 590 valence electrons. The Kier molecular flexibility index (Phi) is 17.7. The van der Waals surface area contributed by atoms with Crippen LogP contribution in [0.15, 0.2) is 468 Å². The van der Waals surface area contributed by atoms with Crippen molar-refractivity contribution < 1.29 is 0 Å². The van der Waals surface area contributed by atoms with Gasteiger partial charge in [0.1, 0.15) is 0 Å². The van der Waals surface area contributed by atoms with Crippen LogP contribution >= 0.6 is 0 Å². The molecule has 9 nitrogen and oxygen atoms in total. The van der Waals surface area contributed by atoms with Crippen molar-refractivity contribution in [2.24, 2.45) is 0 Å². The Labute approximate surface area is 726 Å². The van der Waals surface area contributed by atoms with Crippen LogP contribution in [-0.4, -0.2) is 42.4 Å². The van der Waals surface area contributed by atoms with Gasteiger partial charge >= 0.3 is 0 Å².